The molecule has 17 heavy (non-hydrogen) atoms. The average molecular weight is 233 g/mol. The van der Waals surface area contributed by atoms with Crippen molar-refractivity contribution >= 4 is 11.4 Å². The van der Waals surface area contributed by atoms with Crippen LogP contribution in [-0.2, 0) is 0 Å². The maximum absolute atomic E-state index is 6.07. The highest BCUT2D eigenvalue weighted by Gasteiger charge is 2.38. The summed E-state index contributed by atoms with van der Waals surface area (Å²) in [5, 5.41) is 3.51. The first-order valence-electron chi connectivity index (χ1n) is 6.31. The molecule has 0 saturated heterocycles. The summed E-state index contributed by atoms with van der Waals surface area (Å²) in [5.74, 6) is 0. The smallest absolute Gasteiger partial charge is 0.0579 e. The number of hydrogen-bond acceptors (Lipinski definition) is 3. The molecule has 0 heterocycles. The van der Waals surface area contributed by atoms with Crippen molar-refractivity contribution in [3.63, 3.8) is 0 Å². The van der Waals surface area contributed by atoms with Crippen LogP contribution < -0.4 is 11.1 Å². The van der Waals surface area contributed by atoms with E-state index in [2.05, 4.69) is 36.4 Å². The topological polar surface area (TPSA) is 41.3 Å². The van der Waals surface area contributed by atoms with E-state index in [0.717, 1.165) is 23.5 Å². The van der Waals surface area contributed by atoms with Crippen LogP contribution in [0.3, 0.4) is 0 Å². The van der Waals surface area contributed by atoms with Crippen LogP contribution >= 0.6 is 0 Å². The number of nitrogen functional groups attached to an aromatic ring is 1. The number of benzene rings is 1. The van der Waals surface area contributed by atoms with E-state index in [1.165, 1.54) is 19.3 Å². The highest BCUT2D eigenvalue weighted by molar-refractivity contribution is 5.69. The van der Waals surface area contributed by atoms with Crippen molar-refractivity contribution in [3.05, 3.63) is 23.8 Å². The molecule has 0 amide bonds. The Balaban J connectivity index is 2.04. The standard InChI is InChI=1S/C14H23N3/c1-11-6-4-7-12(13(11)15)16-10-14(17(2)3)8-5-9-14/h4,6-7,16H,5,8-10,15H2,1-3H3. The minimum atomic E-state index is 0.330. The minimum absolute atomic E-state index is 0.330. The molecule has 2 rings (SSSR count). The summed E-state index contributed by atoms with van der Waals surface area (Å²) in [6.45, 7) is 3.03. The van der Waals surface area contributed by atoms with E-state index in [-0.39, 0.29) is 0 Å². The lowest BCUT2D eigenvalue weighted by Gasteiger charge is -2.47. The van der Waals surface area contributed by atoms with Gasteiger partial charge in [0, 0.05) is 12.1 Å². The van der Waals surface area contributed by atoms with E-state index in [9.17, 15) is 0 Å². The fourth-order valence-corrected chi connectivity index (χ4v) is 2.46. The van der Waals surface area contributed by atoms with Gasteiger partial charge in [-0.3, -0.25) is 0 Å². The Kier molecular flexibility index (Phi) is 3.29. The molecule has 3 heteroatoms. The van der Waals surface area contributed by atoms with E-state index < -0.39 is 0 Å². The Morgan fingerprint density at radius 2 is 2.06 bits per heavy atom. The Labute approximate surface area is 104 Å². The van der Waals surface area contributed by atoms with E-state index in [4.69, 9.17) is 5.73 Å². The van der Waals surface area contributed by atoms with Gasteiger partial charge in [0.25, 0.3) is 0 Å². The third-order valence-corrected chi connectivity index (χ3v) is 4.16. The first-order valence-corrected chi connectivity index (χ1v) is 6.31. The van der Waals surface area contributed by atoms with Gasteiger partial charge in [0.05, 0.1) is 11.4 Å². The van der Waals surface area contributed by atoms with Gasteiger partial charge >= 0.3 is 0 Å². The maximum atomic E-state index is 6.07. The molecule has 3 nitrogen and oxygen atoms in total. The third kappa shape index (κ3) is 2.25. The second-order valence-electron chi connectivity index (χ2n) is 5.36. The second-order valence-corrected chi connectivity index (χ2v) is 5.36. The summed E-state index contributed by atoms with van der Waals surface area (Å²) >= 11 is 0. The van der Waals surface area contributed by atoms with Gasteiger partial charge in [0.1, 0.15) is 0 Å². The minimum Gasteiger partial charge on any atom is -0.397 e. The molecule has 1 aliphatic rings. The molecule has 94 valence electrons. The van der Waals surface area contributed by atoms with Crippen molar-refractivity contribution < 1.29 is 0 Å². The molecule has 0 aromatic heterocycles. The highest BCUT2D eigenvalue weighted by atomic mass is 15.2. The molecule has 0 unspecified atom stereocenters. The molecule has 0 radical (unpaired) electrons. The number of nitrogens with zero attached hydrogens (tertiary/aromatic N) is 1. The van der Waals surface area contributed by atoms with Crippen LogP contribution in [0.2, 0.25) is 0 Å². The van der Waals surface area contributed by atoms with Crippen LogP contribution in [-0.4, -0.2) is 31.1 Å². The monoisotopic (exact) mass is 233 g/mol. The van der Waals surface area contributed by atoms with Crippen LogP contribution in [0.1, 0.15) is 24.8 Å². The first kappa shape index (κ1) is 12.2. The van der Waals surface area contributed by atoms with Crippen molar-refractivity contribution in [3.8, 4) is 0 Å². The second kappa shape index (κ2) is 4.57. The largest absolute Gasteiger partial charge is 0.397 e. The van der Waals surface area contributed by atoms with Crippen molar-refractivity contribution in [1.82, 2.24) is 4.90 Å². The van der Waals surface area contributed by atoms with Gasteiger partial charge < -0.3 is 16.0 Å². The Hall–Kier alpha value is -1.22. The molecule has 0 aliphatic heterocycles. The summed E-state index contributed by atoms with van der Waals surface area (Å²) in [4.78, 5) is 2.34. The molecule has 3 N–H and O–H groups in total. The lowest BCUT2D eigenvalue weighted by molar-refractivity contribution is 0.0739. The van der Waals surface area contributed by atoms with Crippen molar-refractivity contribution in [1.29, 1.82) is 0 Å². The van der Waals surface area contributed by atoms with E-state index >= 15 is 0 Å². The fourth-order valence-electron chi connectivity index (χ4n) is 2.46. The van der Waals surface area contributed by atoms with Crippen LogP contribution in [0.4, 0.5) is 11.4 Å². The highest BCUT2D eigenvalue weighted by Crippen LogP contribution is 2.36. The number of rotatable bonds is 4. The summed E-state index contributed by atoms with van der Waals surface area (Å²) in [6, 6.07) is 6.16. The molecule has 1 aromatic carbocycles. The number of para-hydroxylation sites is 1. The van der Waals surface area contributed by atoms with E-state index in [1.54, 1.807) is 0 Å². The lowest BCUT2D eigenvalue weighted by atomic mass is 9.75. The zero-order chi connectivity index (χ0) is 12.5. The van der Waals surface area contributed by atoms with Gasteiger partial charge in [-0.25, -0.2) is 0 Å². The summed E-state index contributed by atoms with van der Waals surface area (Å²) < 4.78 is 0. The average Bonchev–Trinajstić information content (AvgIpc) is 2.22. The third-order valence-electron chi connectivity index (χ3n) is 4.16. The van der Waals surface area contributed by atoms with Crippen molar-refractivity contribution in [2.45, 2.75) is 31.7 Å². The Morgan fingerprint density at radius 3 is 2.59 bits per heavy atom. The van der Waals surface area contributed by atoms with Gasteiger partial charge in [0.15, 0.2) is 0 Å². The van der Waals surface area contributed by atoms with Crippen LogP contribution in [0.15, 0.2) is 18.2 Å². The van der Waals surface area contributed by atoms with Crippen molar-refractivity contribution in [2.24, 2.45) is 0 Å². The van der Waals surface area contributed by atoms with Gasteiger partial charge in [0.2, 0.25) is 0 Å². The molecule has 1 aromatic rings. The van der Waals surface area contributed by atoms with Gasteiger partial charge in [-0.15, -0.1) is 0 Å². The number of aryl methyl sites for hydroxylation is 1. The number of nitrogens with two attached hydrogens (primary N) is 1. The number of hydrogen-bond donors (Lipinski definition) is 2. The number of nitrogens with one attached hydrogen (secondary N) is 1. The molecular weight excluding hydrogens is 210 g/mol. The quantitative estimate of drug-likeness (QED) is 0.785. The molecule has 1 aliphatic carbocycles. The van der Waals surface area contributed by atoms with Gasteiger partial charge in [-0.05, 0) is 51.9 Å². The molecule has 1 fully saturated rings. The van der Waals surface area contributed by atoms with E-state index in [1.807, 2.05) is 13.0 Å². The molecule has 0 spiro atoms. The summed E-state index contributed by atoms with van der Waals surface area (Å²) in [7, 11) is 4.33. The summed E-state index contributed by atoms with van der Waals surface area (Å²) in [5.41, 5.74) is 9.49. The predicted octanol–water partition coefficient (Wildman–Crippen LogP) is 2.47. The number of likely N-dealkylation sites (N-methyl/N-ethyl adjacent to an activating group) is 1. The summed E-state index contributed by atoms with van der Waals surface area (Å²) in [6.07, 6.45) is 3.89. The van der Waals surface area contributed by atoms with Crippen molar-refractivity contribution in [2.75, 3.05) is 31.7 Å². The van der Waals surface area contributed by atoms with E-state index in [0.29, 0.717) is 5.54 Å². The lowest BCUT2D eigenvalue weighted by Crippen LogP contribution is -2.54. The van der Waals surface area contributed by atoms with Crippen LogP contribution in [0.5, 0.6) is 0 Å². The zero-order valence-electron chi connectivity index (χ0n) is 11.1. The van der Waals surface area contributed by atoms with Crippen LogP contribution in [0, 0.1) is 6.92 Å². The predicted molar refractivity (Wildman–Crippen MR) is 74.4 cm³/mol. The molecule has 0 bridgehead atoms. The van der Waals surface area contributed by atoms with Gasteiger partial charge in [-0.2, -0.15) is 0 Å². The van der Waals surface area contributed by atoms with Crippen LogP contribution in [0.25, 0.3) is 0 Å². The zero-order valence-corrected chi connectivity index (χ0v) is 11.1. The normalized spacial score (nSPS) is 17.9. The maximum Gasteiger partial charge on any atom is 0.0579 e. The number of anilines is 2. The fraction of sp³-hybridized carbons (Fsp3) is 0.571. The molecular formula is C14H23N3. The Bertz CT molecular complexity index is 394. The van der Waals surface area contributed by atoms with Gasteiger partial charge in [-0.1, -0.05) is 12.1 Å². The SMILES string of the molecule is Cc1cccc(NCC2(N(C)C)CCC2)c1N. The Morgan fingerprint density at radius 1 is 1.35 bits per heavy atom. The first-order chi connectivity index (χ1) is 8.05. The molecule has 0 atom stereocenters. The molecule has 1 saturated carbocycles.